The van der Waals surface area contributed by atoms with E-state index in [1.165, 1.54) is 12.1 Å². The fraction of sp³-hybridized carbons (Fsp3) is 0.0556. The van der Waals surface area contributed by atoms with Crippen molar-refractivity contribution in [2.24, 2.45) is 0 Å². The zero-order chi connectivity index (χ0) is 15.6. The molecule has 0 atom stereocenters. The third-order valence-corrected chi connectivity index (χ3v) is 4.12. The molecule has 0 fully saturated rings. The molecule has 0 N–H and O–H groups in total. The molecule has 0 bridgehead atoms. The number of benzene rings is 3. The van der Waals surface area contributed by atoms with Crippen LogP contribution < -0.4 is 14.9 Å². The fourth-order valence-corrected chi connectivity index (χ4v) is 3.01. The number of hydrogen-bond donors (Lipinski definition) is 0. The number of rotatable bonds is 0. The van der Waals surface area contributed by atoms with Crippen LogP contribution in [-0.4, -0.2) is 6.79 Å². The highest BCUT2D eigenvalue weighted by Crippen LogP contribution is 2.38. The number of fused-ring (bicyclic) bond motifs is 5. The lowest BCUT2D eigenvalue weighted by Crippen LogP contribution is -2.03. The van der Waals surface area contributed by atoms with Gasteiger partial charge in [-0.1, -0.05) is 12.1 Å². The molecule has 0 spiro atoms. The van der Waals surface area contributed by atoms with E-state index in [9.17, 15) is 9.18 Å². The Kier molecular flexibility index (Phi) is 2.29. The number of para-hydroxylation sites is 1. The SMILES string of the molecule is O=c1c2cccc(F)c2oc2c1ccc1cc3c(cc12)OCO3. The minimum Gasteiger partial charge on any atom is -0.454 e. The summed E-state index contributed by atoms with van der Waals surface area (Å²) in [6.07, 6.45) is 0. The van der Waals surface area contributed by atoms with E-state index >= 15 is 0 Å². The molecule has 112 valence electrons. The molecule has 0 saturated heterocycles. The van der Waals surface area contributed by atoms with Gasteiger partial charge >= 0.3 is 0 Å². The van der Waals surface area contributed by atoms with E-state index in [-0.39, 0.29) is 23.2 Å². The zero-order valence-corrected chi connectivity index (χ0v) is 11.8. The molecule has 4 aromatic rings. The van der Waals surface area contributed by atoms with Crippen LogP contribution >= 0.6 is 0 Å². The third kappa shape index (κ3) is 1.61. The van der Waals surface area contributed by atoms with Crippen molar-refractivity contribution in [2.45, 2.75) is 0 Å². The van der Waals surface area contributed by atoms with Crippen LogP contribution in [0.2, 0.25) is 0 Å². The number of hydrogen-bond acceptors (Lipinski definition) is 4. The van der Waals surface area contributed by atoms with Crippen molar-refractivity contribution in [3.8, 4) is 11.5 Å². The van der Waals surface area contributed by atoms with Gasteiger partial charge in [0.15, 0.2) is 22.9 Å². The zero-order valence-electron chi connectivity index (χ0n) is 11.8. The molecule has 0 saturated carbocycles. The van der Waals surface area contributed by atoms with Crippen LogP contribution in [0.5, 0.6) is 11.5 Å². The Bertz CT molecular complexity index is 1180. The molecule has 1 aliphatic rings. The van der Waals surface area contributed by atoms with Crippen molar-refractivity contribution in [1.29, 1.82) is 0 Å². The molecule has 5 heteroatoms. The van der Waals surface area contributed by atoms with Gasteiger partial charge in [-0.3, -0.25) is 4.79 Å². The van der Waals surface area contributed by atoms with Crippen LogP contribution in [-0.2, 0) is 0 Å². The highest BCUT2D eigenvalue weighted by atomic mass is 19.1. The van der Waals surface area contributed by atoms with E-state index < -0.39 is 5.82 Å². The van der Waals surface area contributed by atoms with Crippen LogP contribution in [0.15, 0.2) is 51.7 Å². The van der Waals surface area contributed by atoms with E-state index in [0.29, 0.717) is 27.9 Å². The van der Waals surface area contributed by atoms with Gasteiger partial charge < -0.3 is 13.9 Å². The Balaban J connectivity index is 2.02. The van der Waals surface area contributed by atoms with Gasteiger partial charge in [-0.25, -0.2) is 4.39 Å². The Morgan fingerprint density at radius 1 is 0.870 bits per heavy atom. The minimum atomic E-state index is -0.556. The first kappa shape index (κ1) is 12.5. The van der Waals surface area contributed by atoms with E-state index in [2.05, 4.69) is 0 Å². The molecule has 3 aromatic carbocycles. The molecule has 0 unspecified atom stereocenters. The predicted octanol–water partition coefficient (Wildman–Crippen LogP) is 3.97. The second kappa shape index (κ2) is 4.23. The summed E-state index contributed by atoms with van der Waals surface area (Å²) in [6.45, 7) is 0.158. The Labute approximate surface area is 128 Å². The summed E-state index contributed by atoms with van der Waals surface area (Å²) < 4.78 is 30.5. The van der Waals surface area contributed by atoms with Gasteiger partial charge in [0.2, 0.25) is 12.2 Å². The van der Waals surface area contributed by atoms with Crippen molar-refractivity contribution in [1.82, 2.24) is 0 Å². The average Bonchev–Trinajstić information content (AvgIpc) is 3.01. The first-order valence-electron chi connectivity index (χ1n) is 7.10. The van der Waals surface area contributed by atoms with Crippen LogP contribution in [0.25, 0.3) is 32.7 Å². The van der Waals surface area contributed by atoms with Crippen LogP contribution in [0.3, 0.4) is 0 Å². The second-order valence-electron chi connectivity index (χ2n) is 5.42. The first-order valence-corrected chi connectivity index (χ1v) is 7.10. The van der Waals surface area contributed by atoms with Crippen LogP contribution in [0.4, 0.5) is 4.39 Å². The topological polar surface area (TPSA) is 48.7 Å². The molecule has 4 nitrogen and oxygen atoms in total. The Morgan fingerprint density at radius 3 is 2.52 bits per heavy atom. The highest BCUT2D eigenvalue weighted by molar-refractivity contribution is 6.07. The quantitative estimate of drug-likeness (QED) is 0.364. The number of ether oxygens (including phenoxy) is 2. The van der Waals surface area contributed by atoms with E-state index in [1.807, 2.05) is 12.1 Å². The van der Waals surface area contributed by atoms with Crippen molar-refractivity contribution in [3.05, 3.63) is 58.5 Å². The van der Waals surface area contributed by atoms with Crippen molar-refractivity contribution in [3.63, 3.8) is 0 Å². The monoisotopic (exact) mass is 308 g/mol. The Hall–Kier alpha value is -3.08. The summed E-state index contributed by atoms with van der Waals surface area (Å²) in [5, 5.41) is 2.17. The second-order valence-corrected chi connectivity index (χ2v) is 5.42. The van der Waals surface area contributed by atoms with Gasteiger partial charge in [-0.05, 0) is 35.7 Å². The van der Waals surface area contributed by atoms with Gasteiger partial charge in [-0.15, -0.1) is 0 Å². The molecule has 2 heterocycles. The smallest absolute Gasteiger partial charge is 0.231 e. The Morgan fingerprint density at radius 2 is 1.65 bits per heavy atom. The van der Waals surface area contributed by atoms with Gasteiger partial charge in [0.05, 0.1) is 10.8 Å². The molecule has 1 aromatic heterocycles. The lowest BCUT2D eigenvalue weighted by atomic mass is 10.0. The third-order valence-electron chi connectivity index (χ3n) is 4.12. The molecule has 0 radical (unpaired) electrons. The van der Waals surface area contributed by atoms with Gasteiger partial charge in [0.25, 0.3) is 0 Å². The maximum atomic E-state index is 14.0. The predicted molar refractivity (Wildman–Crippen MR) is 83.6 cm³/mol. The lowest BCUT2D eigenvalue weighted by Gasteiger charge is -2.06. The van der Waals surface area contributed by atoms with Crippen molar-refractivity contribution >= 4 is 32.7 Å². The van der Waals surface area contributed by atoms with Gasteiger partial charge in [0.1, 0.15) is 5.58 Å². The average molecular weight is 308 g/mol. The minimum absolute atomic E-state index is 0.0323. The van der Waals surface area contributed by atoms with Crippen LogP contribution in [0, 0.1) is 5.82 Å². The summed E-state index contributed by atoms with van der Waals surface area (Å²) in [6, 6.07) is 11.4. The summed E-state index contributed by atoms with van der Waals surface area (Å²) in [7, 11) is 0. The first-order chi connectivity index (χ1) is 11.2. The largest absolute Gasteiger partial charge is 0.454 e. The highest BCUT2D eigenvalue weighted by Gasteiger charge is 2.18. The fourth-order valence-electron chi connectivity index (χ4n) is 3.01. The van der Waals surface area contributed by atoms with Crippen molar-refractivity contribution < 1.29 is 18.3 Å². The van der Waals surface area contributed by atoms with Gasteiger partial charge in [-0.2, -0.15) is 0 Å². The normalized spacial score (nSPS) is 13.3. The molecule has 0 aliphatic carbocycles. The molecule has 0 amide bonds. The van der Waals surface area contributed by atoms with E-state index in [1.54, 1.807) is 18.2 Å². The molecule has 5 rings (SSSR count). The lowest BCUT2D eigenvalue weighted by molar-refractivity contribution is 0.174. The van der Waals surface area contributed by atoms with E-state index in [0.717, 1.165) is 5.39 Å². The summed E-state index contributed by atoms with van der Waals surface area (Å²) in [5.41, 5.74) is 0.0684. The summed E-state index contributed by atoms with van der Waals surface area (Å²) in [4.78, 5) is 12.6. The van der Waals surface area contributed by atoms with E-state index in [4.69, 9.17) is 13.9 Å². The standard InChI is InChI=1S/C18H9FO4/c19-13-3-1-2-10-16(20)11-5-4-9-6-14-15(22-8-21-14)7-12(9)17(11)23-18(10)13/h1-7H,8H2. The van der Waals surface area contributed by atoms with Crippen LogP contribution in [0.1, 0.15) is 0 Å². The summed E-state index contributed by atoms with van der Waals surface area (Å²) in [5.74, 6) is 0.673. The molecule has 23 heavy (non-hydrogen) atoms. The summed E-state index contributed by atoms with van der Waals surface area (Å²) >= 11 is 0. The van der Waals surface area contributed by atoms with Gasteiger partial charge in [0, 0.05) is 5.39 Å². The maximum absolute atomic E-state index is 14.0. The van der Waals surface area contributed by atoms with Crippen molar-refractivity contribution in [2.75, 3.05) is 6.79 Å². The molecule has 1 aliphatic heterocycles. The molecular weight excluding hydrogens is 299 g/mol. The maximum Gasteiger partial charge on any atom is 0.231 e. The number of halogens is 1. The molecular formula is C18H9FO4.